The Labute approximate surface area is 162 Å². The molecular weight excluding hydrogens is 334 g/mol. The lowest BCUT2D eigenvalue weighted by Gasteiger charge is -2.53. The fourth-order valence-corrected chi connectivity index (χ4v) is 5.39. The molecule has 2 N–H and O–H groups in total. The maximum Gasteiger partial charge on any atom is 0.119 e. The number of hydrogen-bond donors (Lipinski definition) is 2. The van der Waals surface area contributed by atoms with Gasteiger partial charge in [0.05, 0.1) is 12.7 Å². The summed E-state index contributed by atoms with van der Waals surface area (Å²) in [6, 6.07) is 16.6. The molecule has 1 saturated carbocycles. The zero-order valence-corrected chi connectivity index (χ0v) is 16.4. The Kier molecular flexibility index (Phi) is 5.25. The van der Waals surface area contributed by atoms with E-state index >= 15 is 0 Å². The van der Waals surface area contributed by atoms with Gasteiger partial charge in [0, 0.05) is 6.42 Å². The van der Waals surface area contributed by atoms with Crippen LogP contribution in [0.5, 0.6) is 5.75 Å². The van der Waals surface area contributed by atoms with E-state index in [9.17, 15) is 5.11 Å². The smallest absolute Gasteiger partial charge is 0.119 e. The molecule has 4 atom stereocenters. The van der Waals surface area contributed by atoms with Crippen LogP contribution in [-0.4, -0.2) is 25.3 Å². The first-order valence-corrected chi connectivity index (χ1v) is 10.2. The van der Waals surface area contributed by atoms with Gasteiger partial charge in [0.25, 0.3) is 0 Å². The molecule has 2 fully saturated rings. The van der Waals surface area contributed by atoms with Gasteiger partial charge in [0.2, 0.25) is 0 Å². The number of rotatable bonds is 5. The average Bonchev–Trinajstić information content (AvgIpc) is 2.83. The number of nitrogens with one attached hydrogen (secondary N) is 1. The van der Waals surface area contributed by atoms with Crippen LogP contribution < -0.4 is 10.1 Å². The van der Waals surface area contributed by atoms with Crippen LogP contribution in [-0.2, 0) is 12.0 Å². The van der Waals surface area contributed by atoms with E-state index < -0.39 is 5.60 Å². The molecule has 144 valence electrons. The summed E-state index contributed by atoms with van der Waals surface area (Å²) in [4.78, 5) is 0. The molecule has 3 nitrogen and oxygen atoms in total. The van der Waals surface area contributed by atoms with Crippen LogP contribution in [0, 0.1) is 24.7 Å². The molecule has 0 spiro atoms. The highest BCUT2D eigenvalue weighted by Gasteiger charge is 2.52. The van der Waals surface area contributed by atoms with Crippen LogP contribution >= 0.6 is 0 Å². The predicted molar refractivity (Wildman–Crippen MR) is 109 cm³/mol. The lowest BCUT2D eigenvalue weighted by molar-refractivity contribution is -0.120. The maximum atomic E-state index is 12.2. The van der Waals surface area contributed by atoms with E-state index in [0.29, 0.717) is 18.3 Å². The monoisotopic (exact) mass is 365 g/mol. The summed E-state index contributed by atoms with van der Waals surface area (Å²) in [7, 11) is 1.69. The number of methoxy groups -OCH3 is 1. The predicted octanol–water partition coefficient (Wildman–Crippen LogP) is 4.07. The summed E-state index contributed by atoms with van der Waals surface area (Å²) in [6.45, 7) is 4.28. The molecule has 1 aliphatic carbocycles. The Hall–Kier alpha value is -1.84. The molecule has 2 aromatic rings. The summed E-state index contributed by atoms with van der Waals surface area (Å²) in [5.74, 6) is 2.53. The highest BCUT2D eigenvalue weighted by molar-refractivity contribution is 5.40. The zero-order chi connectivity index (χ0) is 18.9. The van der Waals surface area contributed by atoms with Crippen LogP contribution in [0.4, 0.5) is 0 Å². The van der Waals surface area contributed by atoms with Gasteiger partial charge < -0.3 is 15.2 Å². The summed E-state index contributed by atoms with van der Waals surface area (Å²) in [6.07, 6.45) is 4.20. The highest BCUT2D eigenvalue weighted by Crippen LogP contribution is 2.55. The Morgan fingerprint density at radius 3 is 2.63 bits per heavy atom. The van der Waals surface area contributed by atoms with E-state index in [1.54, 1.807) is 7.11 Å². The second-order valence-electron chi connectivity index (χ2n) is 8.36. The fourth-order valence-electron chi connectivity index (χ4n) is 5.39. The first-order chi connectivity index (χ1) is 13.1. The molecule has 0 aromatic heterocycles. The summed E-state index contributed by atoms with van der Waals surface area (Å²) < 4.78 is 5.39. The lowest BCUT2D eigenvalue weighted by atomic mass is 9.54. The van der Waals surface area contributed by atoms with Crippen LogP contribution in [0.1, 0.15) is 36.0 Å². The van der Waals surface area contributed by atoms with Gasteiger partial charge in [0.15, 0.2) is 0 Å². The van der Waals surface area contributed by atoms with Crippen molar-refractivity contribution in [3.63, 3.8) is 0 Å². The molecule has 4 unspecified atom stereocenters. The first-order valence-electron chi connectivity index (χ1n) is 10.2. The van der Waals surface area contributed by atoms with Gasteiger partial charge in [-0.25, -0.2) is 0 Å². The van der Waals surface area contributed by atoms with Crippen LogP contribution in [0.2, 0.25) is 0 Å². The minimum Gasteiger partial charge on any atom is -0.497 e. The standard InChI is InChI=1S/C24H31NO2/c1-17-14-20(27-2)8-9-22(17)24(26,16-18-6-4-3-5-7-18)23-15-19-10-12-25-13-11-21(19)23/h3-9,14,19,21,23,25-26H,10-13,15-16H2,1-2H3. The average molecular weight is 366 g/mol. The second-order valence-corrected chi connectivity index (χ2v) is 8.36. The van der Waals surface area contributed by atoms with E-state index in [0.717, 1.165) is 42.3 Å². The van der Waals surface area contributed by atoms with Crippen molar-refractivity contribution >= 4 is 0 Å². The molecular formula is C24H31NO2. The third-order valence-electron chi connectivity index (χ3n) is 6.86. The normalized spacial score (nSPS) is 27.0. The summed E-state index contributed by atoms with van der Waals surface area (Å²) in [5, 5.41) is 15.7. The fraction of sp³-hybridized carbons (Fsp3) is 0.500. The number of aliphatic hydroxyl groups is 1. The molecule has 27 heavy (non-hydrogen) atoms. The molecule has 2 aliphatic rings. The molecule has 0 bridgehead atoms. The quantitative estimate of drug-likeness (QED) is 0.839. The van der Waals surface area contributed by atoms with Crippen molar-refractivity contribution in [3.05, 3.63) is 65.2 Å². The molecule has 1 saturated heterocycles. The van der Waals surface area contributed by atoms with Crippen LogP contribution in [0.3, 0.4) is 0 Å². The second kappa shape index (κ2) is 7.65. The number of ether oxygens (including phenoxy) is 1. The van der Waals surface area contributed by atoms with Gasteiger partial charge in [-0.2, -0.15) is 0 Å². The lowest BCUT2D eigenvalue weighted by Crippen LogP contribution is -2.51. The molecule has 1 heterocycles. The number of hydrogen-bond acceptors (Lipinski definition) is 3. The third-order valence-corrected chi connectivity index (χ3v) is 6.86. The SMILES string of the molecule is COc1ccc(C(O)(Cc2ccccc2)C2CC3CCNCCC32)c(C)c1. The van der Waals surface area contributed by atoms with Gasteiger partial charge >= 0.3 is 0 Å². The maximum absolute atomic E-state index is 12.2. The number of benzene rings is 2. The Bertz CT molecular complexity index is 775. The zero-order valence-electron chi connectivity index (χ0n) is 16.4. The Morgan fingerprint density at radius 1 is 1.11 bits per heavy atom. The van der Waals surface area contributed by atoms with Crippen molar-refractivity contribution in [2.24, 2.45) is 17.8 Å². The van der Waals surface area contributed by atoms with Crippen molar-refractivity contribution in [2.75, 3.05) is 20.2 Å². The summed E-state index contributed by atoms with van der Waals surface area (Å²) in [5.41, 5.74) is 2.55. The number of fused-ring (bicyclic) bond motifs is 1. The van der Waals surface area contributed by atoms with Gasteiger partial charge in [-0.15, -0.1) is 0 Å². The van der Waals surface area contributed by atoms with Crippen LogP contribution in [0.25, 0.3) is 0 Å². The van der Waals surface area contributed by atoms with Crippen molar-refractivity contribution in [2.45, 2.75) is 38.2 Å². The van der Waals surface area contributed by atoms with Gasteiger partial charge in [0.1, 0.15) is 5.75 Å². The summed E-state index contributed by atoms with van der Waals surface area (Å²) >= 11 is 0. The third kappa shape index (κ3) is 3.51. The van der Waals surface area contributed by atoms with Crippen molar-refractivity contribution in [1.29, 1.82) is 0 Å². The van der Waals surface area contributed by atoms with Crippen molar-refractivity contribution in [1.82, 2.24) is 5.32 Å². The molecule has 4 rings (SSSR count). The molecule has 2 aromatic carbocycles. The molecule has 0 amide bonds. The largest absolute Gasteiger partial charge is 0.497 e. The molecule has 3 heteroatoms. The topological polar surface area (TPSA) is 41.5 Å². The molecule has 1 aliphatic heterocycles. The van der Waals surface area contributed by atoms with Gasteiger partial charge in [-0.3, -0.25) is 0 Å². The Morgan fingerprint density at radius 2 is 1.89 bits per heavy atom. The number of aryl methyl sites for hydroxylation is 1. The minimum absolute atomic E-state index is 0.315. The van der Waals surface area contributed by atoms with Crippen molar-refractivity contribution in [3.8, 4) is 5.75 Å². The Balaban J connectivity index is 1.71. The highest BCUT2D eigenvalue weighted by atomic mass is 16.5. The van der Waals surface area contributed by atoms with E-state index in [-0.39, 0.29) is 0 Å². The van der Waals surface area contributed by atoms with E-state index in [4.69, 9.17) is 4.74 Å². The van der Waals surface area contributed by atoms with Crippen molar-refractivity contribution < 1.29 is 9.84 Å². The van der Waals surface area contributed by atoms with E-state index in [2.05, 4.69) is 48.6 Å². The van der Waals surface area contributed by atoms with E-state index in [1.165, 1.54) is 18.4 Å². The van der Waals surface area contributed by atoms with Gasteiger partial charge in [-0.1, -0.05) is 36.4 Å². The molecule has 0 radical (unpaired) electrons. The first kappa shape index (κ1) is 18.5. The van der Waals surface area contributed by atoms with Crippen LogP contribution in [0.15, 0.2) is 48.5 Å². The van der Waals surface area contributed by atoms with E-state index in [1.807, 2.05) is 12.1 Å². The van der Waals surface area contributed by atoms with Gasteiger partial charge in [-0.05, 0) is 85.9 Å². The minimum atomic E-state index is -0.830.